The van der Waals surface area contributed by atoms with Crippen LogP contribution in [0, 0.1) is 6.92 Å². The van der Waals surface area contributed by atoms with Gasteiger partial charge in [-0.1, -0.05) is 0 Å². The standard InChI is InChI=1S/C16H17N3O3S/c1-9-18-10(8-23-9)5-6-17-15(21)12-7-11-13(19-16(12)22)3-2-4-14(11)20/h7-8H,2-6H2,1H3,(H,17,21)(H,19,22). The van der Waals surface area contributed by atoms with Crippen LogP contribution in [0.5, 0.6) is 0 Å². The number of thiazole rings is 1. The van der Waals surface area contributed by atoms with Gasteiger partial charge in [-0.2, -0.15) is 0 Å². The number of H-pyrrole nitrogens is 1. The highest BCUT2D eigenvalue weighted by Gasteiger charge is 2.21. The largest absolute Gasteiger partial charge is 0.351 e. The number of amides is 1. The van der Waals surface area contributed by atoms with Gasteiger partial charge >= 0.3 is 0 Å². The van der Waals surface area contributed by atoms with E-state index in [1.165, 1.54) is 6.07 Å². The predicted octanol–water partition coefficient (Wildman–Crippen LogP) is 1.63. The number of aromatic nitrogens is 2. The Morgan fingerprint density at radius 3 is 2.96 bits per heavy atom. The summed E-state index contributed by atoms with van der Waals surface area (Å²) in [6, 6.07) is 1.43. The van der Waals surface area contributed by atoms with Crippen LogP contribution in [0.3, 0.4) is 0 Å². The van der Waals surface area contributed by atoms with Crippen molar-refractivity contribution in [3.63, 3.8) is 0 Å². The van der Waals surface area contributed by atoms with E-state index >= 15 is 0 Å². The minimum absolute atomic E-state index is 0.00606. The zero-order valence-electron chi connectivity index (χ0n) is 12.8. The van der Waals surface area contributed by atoms with E-state index in [2.05, 4.69) is 15.3 Å². The first-order valence-electron chi connectivity index (χ1n) is 7.53. The Hall–Kier alpha value is -2.28. The van der Waals surface area contributed by atoms with Gasteiger partial charge < -0.3 is 10.3 Å². The number of rotatable bonds is 4. The molecule has 0 aromatic carbocycles. The van der Waals surface area contributed by atoms with Gasteiger partial charge in [-0.15, -0.1) is 11.3 Å². The van der Waals surface area contributed by atoms with Crippen LogP contribution in [-0.2, 0) is 12.8 Å². The van der Waals surface area contributed by atoms with E-state index in [-0.39, 0.29) is 11.3 Å². The molecule has 0 saturated heterocycles. The summed E-state index contributed by atoms with van der Waals surface area (Å²) < 4.78 is 0. The normalized spacial score (nSPS) is 13.7. The van der Waals surface area contributed by atoms with Crippen LogP contribution in [0.25, 0.3) is 0 Å². The maximum Gasteiger partial charge on any atom is 0.261 e. The van der Waals surface area contributed by atoms with Crippen LogP contribution in [-0.4, -0.2) is 28.2 Å². The van der Waals surface area contributed by atoms with Crippen LogP contribution in [0.15, 0.2) is 16.2 Å². The van der Waals surface area contributed by atoms with Crippen LogP contribution < -0.4 is 10.9 Å². The summed E-state index contributed by atoms with van der Waals surface area (Å²) in [6.45, 7) is 2.32. The quantitative estimate of drug-likeness (QED) is 0.891. The molecule has 2 heterocycles. The van der Waals surface area contributed by atoms with Gasteiger partial charge in [-0.05, 0) is 25.8 Å². The molecule has 0 bridgehead atoms. The Balaban J connectivity index is 1.71. The van der Waals surface area contributed by atoms with Gasteiger partial charge in [0.25, 0.3) is 11.5 Å². The van der Waals surface area contributed by atoms with Crippen molar-refractivity contribution in [1.29, 1.82) is 0 Å². The van der Waals surface area contributed by atoms with Crippen molar-refractivity contribution in [1.82, 2.24) is 15.3 Å². The summed E-state index contributed by atoms with van der Waals surface area (Å²) >= 11 is 1.56. The van der Waals surface area contributed by atoms with Gasteiger partial charge in [-0.25, -0.2) is 4.98 Å². The second kappa shape index (κ2) is 6.45. The number of hydrogen-bond donors (Lipinski definition) is 2. The lowest BCUT2D eigenvalue weighted by Crippen LogP contribution is -2.32. The summed E-state index contributed by atoms with van der Waals surface area (Å²) in [5.41, 5.74) is 1.58. The van der Waals surface area contributed by atoms with Gasteiger partial charge in [0.05, 0.1) is 10.7 Å². The lowest BCUT2D eigenvalue weighted by molar-refractivity contribution is 0.0952. The van der Waals surface area contributed by atoms with Gasteiger partial charge in [0.15, 0.2) is 5.78 Å². The summed E-state index contributed by atoms with van der Waals surface area (Å²) in [4.78, 5) is 43.1. The fourth-order valence-corrected chi connectivity index (χ4v) is 3.31. The van der Waals surface area contributed by atoms with E-state index in [0.29, 0.717) is 37.1 Å². The zero-order chi connectivity index (χ0) is 16.4. The fourth-order valence-electron chi connectivity index (χ4n) is 2.67. The van der Waals surface area contributed by atoms with Gasteiger partial charge in [0.1, 0.15) is 5.56 Å². The Labute approximate surface area is 137 Å². The van der Waals surface area contributed by atoms with Crippen molar-refractivity contribution < 1.29 is 9.59 Å². The molecule has 3 rings (SSSR count). The van der Waals surface area contributed by atoms with Crippen molar-refractivity contribution in [2.45, 2.75) is 32.6 Å². The molecule has 1 aliphatic carbocycles. The maximum absolute atomic E-state index is 12.2. The molecule has 2 N–H and O–H groups in total. The van der Waals surface area contributed by atoms with Crippen molar-refractivity contribution >= 4 is 23.0 Å². The SMILES string of the molecule is Cc1nc(CCNC(=O)c2cc3c([nH]c2=O)CCCC3=O)cs1. The van der Waals surface area contributed by atoms with E-state index < -0.39 is 11.5 Å². The van der Waals surface area contributed by atoms with Crippen LogP contribution in [0.2, 0.25) is 0 Å². The number of hydrogen-bond acceptors (Lipinski definition) is 5. The molecular formula is C16H17N3O3S. The van der Waals surface area contributed by atoms with Crippen molar-refractivity contribution in [3.8, 4) is 0 Å². The third-order valence-electron chi connectivity index (χ3n) is 3.83. The Kier molecular flexibility index (Phi) is 4.38. The molecule has 0 saturated carbocycles. The summed E-state index contributed by atoms with van der Waals surface area (Å²) in [6.07, 6.45) is 2.48. The highest BCUT2D eigenvalue weighted by Crippen LogP contribution is 2.18. The monoisotopic (exact) mass is 331 g/mol. The summed E-state index contributed by atoms with van der Waals surface area (Å²) in [5.74, 6) is -0.478. The molecule has 120 valence electrons. The molecule has 0 aliphatic heterocycles. The third-order valence-corrected chi connectivity index (χ3v) is 4.65. The molecule has 2 aromatic rings. The number of nitrogens with one attached hydrogen (secondary N) is 2. The van der Waals surface area contributed by atoms with E-state index in [4.69, 9.17) is 0 Å². The Morgan fingerprint density at radius 1 is 1.39 bits per heavy atom. The minimum atomic E-state index is -0.459. The topological polar surface area (TPSA) is 91.9 Å². The summed E-state index contributed by atoms with van der Waals surface area (Å²) in [5, 5.41) is 5.65. The van der Waals surface area contributed by atoms with Crippen molar-refractivity contribution in [2.24, 2.45) is 0 Å². The zero-order valence-corrected chi connectivity index (χ0v) is 13.6. The van der Waals surface area contributed by atoms with Crippen LogP contribution in [0.4, 0.5) is 0 Å². The molecule has 0 spiro atoms. The Bertz CT molecular complexity index is 822. The highest BCUT2D eigenvalue weighted by atomic mass is 32.1. The molecule has 2 aromatic heterocycles. The number of carbonyl (C=O) groups is 2. The number of aryl methyl sites for hydroxylation is 2. The lowest BCUT2D eigenvalue weighted by atomic mass is 9.93. The smallest absolute Gasteiger partial charge is 0.261 e. The van der Waals surface area contributed by atoms with E-state index in [1.54, 1.807) is 11.3 Å². The molecule has 0 atom stereocenters. The highest BCUT2D eigenvalue weighted by molar-refractivity contribution is 7.09. The number of ketones is 1. The number of carbonyl (C=O) groups excluding carboxylic acids is 2. The van der Waals surface area contributed by atoms with Gasteiger partial charge in [0.2, 0.25) is 0 Å². The molecule has 0 unspecified atom stereocenters. The van der Waals surface area contributed by atoms with Crippen LogP contribution >= 0.6 is 11.3 Å². The van der Waals surface area contributed by atoms with Gasteiger partial charge in [-0.3, -0.25) is 14.4 Å². The summed E-state index contributed by atoms with van der Waals surface area (Å²) in [7, 11) is 0. The van der Waals surface area contributed by atoms with Crippen molar-refractivity contribution in [3.05, 3.63) is 49.3 Å². The number of nitrogens with zero attached hydrogens (tertiary/aromatic N) is 1. The predicted molar refractivity (Wildman–Crippen MR) is 87.2 cm³/mol. The molecular weight excluding hydrogens is 314 g/mol. The maximum atomic E-state index is 12.2. The average molecular weight is 331 g/mol. The van der Waals surface area contributed by atoms with Gasteiger partial charge in [0, 0.05) is 36.0 Å². The average Bonchev–Trinajstić information content (AvgIpc) is 2.92. The fraction of sp³-hybridized carbons (Fsp3) is 0.375. The number of pyridine rings is 1. The number of aromatic amines is 1. The van der Waals surface area contributed by atoms with Crippen molar-refractivity contribution in [2.75, 3.05) is 6.54 Å². The second-order valence-electron chi connectivity index (χ2n) is 5.54. The molecule has 7 heteroatoms. The van der Waals surface area contributed by atoms with E-state index in [9.17, 15) is 14.4 Å². The molecule has 0 radical (unpaired) electrons. The van der Waals surface area contributed by atoms with Crippen LogP contribution in [0.1, 0.15) is 50.0 Å². The molecule has 23 heavy (non-hydrogen) atoms. The minimum Gasteiger partial charge on any atom is -0.351 e. The third kappa shape index (κ3) is 3.39. The first kappa shape index (κ1) is 15.6. The Morgan fingerprint density at radius 2 is 2.22 bits per heavy atom. The van der Waals surface area contributed by atoms with E-state index in [0.717, 1.165) is 17.1 Å². The second-order valence-corrected chi connectivity index (χ2v) is 6.61. The number of Topliss-reactive ketones (excluding diaryl/α,β-unsaturated/α-hetero) is 1. The van der Waals surface area contributed by atoms with E-state index in [1.807, 2.05) is 12.3 Å². The lowest BCUT2D eigenvalue weighted by Gasteiger charge is -2.15. The molecule has 1 aliphatic rings. The molecule has 6 nitrogen and oxygen atoms in total. The molecule has 0 fully saturated rings. The first-order chi connectivity index (χ1) is 11.0. The molecule has 1 amide bonds. The first-order valence-corrected chi connectivity index (χ1v) is 8.41. The number of fused-ring (bicyclic) bond motifs is 1.